The van der Waals surface area contributed by atoms with Crippen LogP contribution in [0.5, 0.6) is 0 Å². The van der Waals surface area contributed by atoms with Gasteiger partial charge in [0.05, 0.1) is 5.41 Å². The Balaban J connectivity index is 2.24. The highest BCUT2D eigenvalue weighted by atomic mass is 19.1. The molecule has 1 aromatic heterocycles. The third kappa shape index (κ3) is 3.26. The molecule has 0 saturated heterocycles. The fourth-order valence-electron chi connectivity index (χ4n) is 2.43. The molecule has 1 amide bonds. The minimum Gasteiger partial charge on any atom is -0.361 e. The Morgan fingerprint density at radius 3 is 2.76 bits per heavy atom. The maximum Gasteiger partial charge on any atom is 0.230 e. The summed E-state index contributed by atoms with van der Waals surface area (Å²) in [6, 6.07) is 4.59. The predicted octanol–water partition coefficient (Wildman–Crippen LogP) is 3.75. The van der Waals surface area contributed by atoms with Gasteiger partial charge in [-0.3, -0.25) is 4.79 Å². The second-order valence-corrected chi connectivity index (χ2v) is 6.46. The molecule has 114 valence electrons. The number of nitrogens with one attached hydrogen (secondary N) is 2. The molecule has 1 heterocycles. The Kier molecular flexibility index (Phi) is 4.35. The Morgan fingerprint density at radius 1 is 1.38 bits per heavy atom. The molecule has 0 spiro atoms. The van der Waals surface area contributed by atoms with Gasteiger partial charge in [-0.05, 0) is 49.9 Å². The third-order valence-corrected chi connectivity index (χ3v) is 3.89. The average molecular weight is 290 g/mol. The van der Waals surface area contributed by atoms with E-state index in [4.69, 9.17) is 0 Å². The number of amides is 1. The van der Waals surface area contributed by atoms with Crippen LogP contribution >= 0.6 is 0 Å². The van der Waals surface area contributed by atoms with Crippen molar-refractivity contribution in [1.82, 2.24) is 10.3 Å². The smallest absolute Gasteiger partial charge is 0.230 e. The highest BCUT2D eigenvalue weighted by Crippen LogP contribution is 2.31. The van der Waals surface area contributed by atoms with Gasteiger partial charge in [0.25, 0.3) is 0 Å². The zero-order valence-corrected chi connectivity index (χ0v) is 13.1. The van der Waals surface area contributed by atoms with E-state index in [0.717, 1.165) is 22.9 Å². The fourth-order valence-corrected chi connectivity index (χ4v) is 2.43. The minimum absolute atomic E-state index is 0.0340. The molecule has 0 aliphatic rings. The number of hydrogen-bond donors (Lipinski definition) is 2. The molecular weight excluding hydrogens is 267 g/mol. The van der Waals surface area contributed by atoms with E-state index in [1.54, 1.807) is 12.3 Å². The number of H-pyrrole nitrogens is 1. The van der Waals surface area contributed by atoms with Crippen LogP contribution in [0.15, 0.2) is 24.4 Å². The lowest BCUT2D eigenvalue weighted by Gasteiger charge is -2.23. The molecule has 0 unspecified atom stereocenters. The van der Waals surface area contributed by atoms with Crippen molar-refractivity contribution in [3.8, 4) is 0 Å². The van der Waals surface area contributed by atoms with Gasteiger partial charge in [0.2, 0.25) is 5.91 Å². The number of aromatic amines is 1. The molecule has 0 fully saturated rings. The Labute approximate surface area is 124 Å². The van der Waals surface area contributed by atoms with Crippen LogP contribution in [0.2, 0.25) is 0 Å². The lowest BCUT2D eigenvalue weighted by Crippen LogP contribution is -2.40. The second kappa shape index (κ2) is 5.88. The molecule has 0 radical (unpaired) electrons. The quantitative estimate of drug-likeness (QED) is 0.865. The van der Waals surface area contributed by atoms with Crippen molar-refractivity contribution in [1.29, 1.82) is 0 Å². The SMILES string of the molecule is CC(C)CCNC(=O)C(C)(C)c1c[nH]c2ccc(F)cc12. The van der Waals surface area contributed by atoms with Crippen LogP contribution in [0.3, 0.4) is 0 Å². The first-order valence-corrected chi connectivity index (χ1v) is 7.37. The van der Waals surface area contributed by atoms with Crippen LogP contribution in [0, 0.1) is 11.7 Å². The van der Waals surface area contributed by atoms with Gasteiger partial charge in [-0.1, -0.05) is 13.8 Å². The number of benzene rings is 1. The van der Waals surface area contributed by atoms with Crippen molar-refractivity contribution in [3.05, 3.63) is 35.8 Å². The topological polar surface area (TPSA) is 44.9 Å². The van der Waals surface area contributed by atoms with Gasteiger partial charge >= 0.3 is 0 Å². The number of fused-ring (bicyclic) bond motifs is 1. The van der Waals surface area contributed by atoms with E-state index in [0.29, 0.717) is 12.5 Å². The molecule has 4 heteroatoms. The van der Waals surface area contributed by atoms with Crippen LogP contribution in [0.25, 0.3) is 10.9 Å². The van der Waals surface area contributed by atoms with E-state index in [9.17, 15) is 9.18 Å². The van der Waals surface area contributed by atoms with Crippen molar-refractivity contribution in [3.63, 3.8) is 0 Å². The highest BCUT2D eigenvalue weighted by molar-refractivity contribution is 5.94. The monoisotopic (exact) mass is 290 g/mol. The summed E-state index contributed by atoms with van der Waals surface area (Å²) in [7, 11) is 0. The zero-order chi connectivity index (χ0) is 15.6. The summed E-state index contributed by atoms with van der Waals surface area (Å²) in [5, 5.41) is 3.74. The summed E-state index contributed by atoms with van der Waals surface area (Å²) in [5.74, 6) is 0.225. The molecule has 0 aliphatic carbocycles. The number of aromatic nitrogens is 1. The Morgan fingerprint density at radius 2 is 2.10 bits per heavy atom. The Bertz CT molecular complexity index is 643. The Hall–Kier alpha value is -1.84. The summed E-state index contributed by atoms with van der Waals surface area (Å²) >= 11 is 0. The molecule has 1 aromatic carbocycles. The highest BCUT2D eigenvalue weighted by Gasteiger charge is 2.32. The number of carbonyl (C=O) groups excluding carboxylic acids is 1. The first-order valence-electron chi connectivity index (χ1n) is 7.37. The molecule has 3 nitrogen and oxygen atoms in total. The summed E-state index contributed by atoms with van der Waals surface area (Å²) in [5.41, 5.74) is 0.955. The van der Waals surface area contributed by atoms with Crippen LogP contribution in [-0.2, 0) is 10.2 Å². The first-order chi connectivity index (χ1) is 9.82. The normalized spacial score (nSPS) is 12.1. The molecule has 0 atom stereocenters. The number of rotatable bonds is 5. The molecule has 0 bridgehead atoms. The van der Waals surface area contributed by atoms with Gasteiger partial charge in [0.15, 0.2) is 0 Å². The fraction of sp³-hybridized carbons (Fsp3) is 0.471. The van der Waals surface area contributed by atoms with Crippen molar-refractivity contribution >= 4 is 16.8 Å². The van der Waals surface area contributed by atoms with E-state index in [1.165, 1.54) is 12.1 Å². The molecule has 0 saturated carbocycles. The maximum absolute atomic E-state index is 13.5. The van der Waals surface area contributed by atoms with E-state index >= 15 is 0 Å². The summed E-state index contributed by atoms with van der Waals surface area (Å²) < 4.78 is 13.5. The third-order valence-electron chi connectivity index (χ3n) is 3.89. The predicted molar refractivity (Wildman–Crippen MR) is 83.7 cm³/mol. The molecule has 21 heavy (non-hydrogen) atoms. The summed E-state index contributed by atoms with van der Waals surface area (Å²) in [4.78, 5) is 15.6. The second-order valence-electron chi connectivity index (χ2n) is 6.46. The van der Waals surface area contributed by atoms with Crippen LogP contribution in [0.1, 0.15) is 39.7 Å². The number of hydrogen-bond acceptors (Lipinski definition) is 1. The summed E-state index contributed by atoms with van der Waals surface area (Å²) in [6.45, 7) is 8.65. The average Bonchev–Trinajstić information content (AvgIpc) is 2.81. The van der Waals surface area contributed by atoms with Crippen LogP contribution < -0.4 is 5.32 Å². The zero-order valence-electron chi connectivity index (χ0n) is 13.1. The lowest BCUT2D eigenvalue weighted by atomic mass is 9.83. The van der Waals surface area contributed by atoms with Gasteiger partial charge < -0.3 is 10.3 Å². The van der Waals surface area contributed by atoms with Crippen molar-refractivity contribution in [2.75, 3.05) is 6.54 Å². The molecular formula is C17H23FN2O. The largest absolute Gasteiger partial charge is 0.361 e. The van der Waals surface area contributed by atoms with Gasteiger partial charge in [-0.25, -0.2) is 4.39 Å². The number of halogens is 1. The van der Waals surface area contributed by atoms with E-state index in [-0.39, 0.29) is 11.7 Å². The minimum atomic E-state index is -0.705. The lowest BCUT2D eigenvalue weighted by molar-refractivity contribution is -0.125. The molecule has 2 aromatic rings. The van der Waals surface area contributed by atoms with E-state index in [1.807, 2.05) is 13.8 Å². The van der Waals surface area contributed by atoms with Gasteiger partial charge in [-0.15, -0.1) is 0 Å². The van der Waals surface area contributed by atoms with E-state index < -0.39 is 5.41 Å². The van der Waals surface area contributed by atoms with Crippen molar-refractivity contribution in [2.45, 2.75) is 39.5 Å². The van der Waals surface area contributed by atoms with Crippen LogP contribution in [0.4, 0.5) is 4.39 Å². The molecule has 0 aliphatic heterocycles. The maximum atomic E-state index is 13.5. The van der Waals surface area contributed by atoms with Gasteiger partial charge in [0.1, 0.15) is 5.82 Å². The van der Waals surface area contributed by atoms with Crippen LogP contribution in [-0.4, -0.2) is 17.4 Å². The standard InChI is InChI=1S/C17H23FN2O/c1-11(2)7-8-19-16(21)17(3,4)14-10-20-15-6-5-12(18)9-13(14)15/h5-6,9-11,20H,7-8H2,1-4H3,(H,19,21). The van der Waals surface area contributed by atoms with E-state index in [2.05, 4.69) is 24.1 Å². The first kappa shape index (κ1) is 15.5. The summed E-state index contributed by atoms with van der Waals surface area (Å²) in [6.07, 6.45) is 2.75. The van der Waals surface area contributed by atoms with Gasteiger partial charge in [-0.2, -0.15) is 0 Å². The van der Waals surface area contributed by atoms with Crippen molar-refractivity contribution in [2.24, 2.45) is 5.92 Å². The molecule has 2 N–H and O–H groups in total. The van der Waals surface area contributed by atoms with Gasteiger partial charge in [0, 0.05) is 23.6 Å². The molecule has 2 rings (SSSR count). The van der Waals surface area contributed by atoms with Crippen molar-refractivity contribution < 1.29 is 9.18 Å². The number of carbonyl (C=O) groups is 1.